The Balaban J connectivity index is 1.97. The minimum absolute atomic E-state index is 0.105. The number of nitrogens with one attached hydrogen (secondary N) is 1. The Kier molecular flexibility index (Phi) is 9.69. The lowest BCUT2D eigenvalue weighted by molar-refractivity contribution is -0.117. The third kappa shape index (κ3) is 7.99. The van der Waals surface area contributed by atoms with Gasteiger partial charge in [0, 0.05) is 0 Å². The Hall–Kier alpha value is -2.08. The predicted octanol–water partition coefficient (Wildman–Crippen LogP) is 6.23. The smallest absolute Gasteiger partial charge is 0.262 e. The molecule has 3 nitrogen and oxygen atoms in total. The summed E-state index contributed by atoms with van der Waals surface area (Å²) in [6.07, 6.45) is 15.8. The van der Waals surface area contributed by atoms with Gasteiger partial charge in [0.1, 0.15) is 11.6 Å². The largest absolute Gasteiger partial charge is 0.345 e. The average Bonchev–Trinajstić information content (AvgIpc) is 2.68. The zero-order valence-electron chi connectivity index (χ0n) is 16.8. The van der Waals surface area contributed by atoms with Gasteiger partial charge in [-0.3, -0.25) is 4.79 Å². The third-order valence-corrected chi connectivity index (χ3v) is 5.56. The van der Waals surface area contributed by atoms with Crippen molar-refractivity contribution in [3.05, 3.63) is 47.5 Å². The number of nitriles is 1. The molecule has 1 aliphatic rings. The van der Waals surface area contributed by atoms with Crippen LogP contribution in [0, 0.1) is 17.2 Å². The first-order chi connectivity index (χ1) is 13.2. The van der Waals surface area contributed by atoms with Crippen LogP contribution in [0.25, 0.3) is 0 Å². The van der Waals surface area contributed by atoms with Gasteiger partial charge in [0.05, 0.1) is 6.04 Å². The monoisotopic (exact) mass is 366 g/mol. The van der Waals surface area contributed by atoms with E-state index in [0.29, 0.717) is 5.92 Å². The summed E-state index contributed by atoms with van der Waals surface area (Å²) < 4.78 is 0. The number of benzene rings is 1. The van der Waals surface area contributed by atoms with Gasteiger partial charge in [-0.05, 0) is 31.2 Å². The molecule has 1 aliphatic carbocycles. The molecule has 0 bridgehead atoms. The van der Waals surface area contributed by atoms with Crippen LogP contribution in [-0.4, -0.2) is 5.91 Å². The number of carbonyl (C=O) groups is 1. The number of carbonyl (C=O) groups excluding carboxylic acids is 1. The van der Waals surface area contributed by atoms with E-state index in [2.05, 4.69) is 11.4 Å². The third-order valence-electron chi connectivity index (χ3n) is 5.56. The van der Waals surface area contributed by atoms with Crippen LogP contribution < -0.4 is 5.32 Å². The zero-order valence-corrected chi connectivity index (χ0v) is 16.8. The predicted molar refractivity (Wildman–Crippen MR) is 111 cm³/mol. The molecule has 0 saturated heterocycles. The standard InChI is InChI=1S/C24H34N2O/c1-20(22-16-12-9-13-17-22)26-24(27)23(19-25)18-21-14-10-7-5-3-2-4-6-8-11-15-21/h9,12-13,16-18,20-21H,2-8,10-11,14-15H2,1H3,(H,26,27)/b23-18+/t20-/m0/s1. The number of amides is 1. The van der Waals surface area contributed by atoms with Crippen LogP contribution in [0.15, 0.2) is 42.0 Å². The van der Waals surface area contributed by atoms with Crippen molar-refractivity contribution in [2.75, 3.05) is 0 Å². The summed E-state index contributed by atoms with van der Waals surface area (Å²) in [4.78, 5) is 12.6. The van der Waals surface area contributed by atoms with E-state index >= 15 is 0 Å². The van der Waals surface area contributed by atoms with Gasteiger partial charge in [-0.1, -0.05) is 94.2 Å². The highest BCUT2D eigenvalue weighted by Gasteiger charge is 2.16. The first-order valence-electron chi connectivity index (χ1n) is 10.7. The highest BCUT2D eigenvalue weighted by atomic mass is 16.1. The molecule has 1 aromatic carbocycles. The minimum Gasteiger partial charge on any atom is -0.345 e. The minimum atomic E-state index is -0.250. The molecule has 3 heteroatoms. The van der Waals surface area contributed by atoms with Gasteiger partial charge in [0.2, 0.25) is 0 Å². The van der Waals surface area contributed by atoms with Crippen LogP contribution in [-0.2, 0) is 4.79 Å². The van der Waals surface area contributed by atoms with Crippen molar-refractivity contribution in [1.29, 1.82) is 5.26 Å². The van der Waals surface area contributed by atoms with Gasteiger partial charge in [-0.2, -0.15) is 5.26 Å². The average molecular weight is 367 g/mol. The Labute approximate surface area is 164 Å². The number of hydrogen-bond acceptors (Lipinski definition) is 2. The fraction of sp³-hybridized carbons (Fsp3) is 0.583. The van der Waals surface area contributed by atoms with Crippen LogP contribution in [0.4, 0.5) is 0 Å². The SMILES string of the molecule is C[C@H](NC(=O)/C(C#N)=C/C1CCCCCCCCCCC1)c1ccccc1. The van der Waals surface area contributed by atoms with Crippen molar-refractivity contribution < 1.29 is 4.79 Å². The van der Waals surface area contributed by atoms with Crippen LogP contribution in [0.5, 0.6) is 0 Å². The van der Waals surface area contributed by atoms with Crippen LogP contribution in [0.1, 0.15) is 89.2 Å². The fourth-order valence-electron chi connectivity index (χ4n) is 3.86. The maximum absolute atomic E-state index is 12.6. The van der Waals surface area contributed by atoms with Crippen molar-refractivity contribution in [1.82, 2.24) is 5.32 Å². The summed E-state index contributed by atoms with van der Waals surface area (Å²) in [6.45, 7) is 1.96. The number of nitrogens with zero attached hydrogens (tertiary/aromatic N) is 1. The van der Waals surface area contributed by atoms with E-state index < -0.39 is 0 Å². The summed E-state index contributed by atoms with van der Waals surface area (Å²) in [5, 5.41) is 12.5. The van der Waals surface area contributed by atoms with Crippen molar-refractivity contribution in [3.63, 3.8) is 0 Å². The first kappa shape index (κ1) is 21.2. The lowest BCUT2D eigenvalue weighted by atomic mass is 9.91. The van der Waals surface area contributed by atoms with Gasteiger partial charge < -0.3 is 5.32 Å². The Morgan fingerprint density at radius 3 is 2.04 bits per heavy atom. The van der Waals surface area contributed by atoms with E-state index in [1.54, 1.807) is 0 Å². The molecule has 1 aromatic rings. The van der Waals surface area contributed by atoms with Crippen molar-refractivity contribution >= 4 is 5.91 Å². The van der Waals surface area contributed by atoms with Gasteiger partial charge in [-0.25, -0.2) is 0 Å². The topological polar surface area (TPSA) is 52.9 Å². The van der Waals surface area contributed by atoms with E-state index in [9.17, 15) is 10.1 Å². The van der Waals surface area contributed by atoms with E-state index in [1.807, 2.05) is 43.3 Å². The van der Waals surface area contributed by atoms with E-state index in [0.717, 1.165) is 18.4 Å². The van der Waals surface area contributed by atoms with Crippen LogP contribution in [0.3, 0.4) is 0 Å². The fourth-order valence-corrected chi connectivity index (χ4v) is 3.86. The molecule has 1 saturated carbocycles. The number of rotatable bonds is 4. The molecule has 1 fully saturated rings. The number of hydrogen-bond donors (Lipinski definition) is 1. The zero-order chi connectivity index (χ0) is 19.3. The second-order valence-electron chi connectivity index (χ2n) is 7.82. The summed E-state index contributed by atoms with van der Waals surface area (Å²) in [7, 11) is 0. The van der Waals surface area contributed by atoms with Crippen molar-refractivity contribution in [2.45, 2.75) is 83.6 Å². The summed E-state index contributed by atoms with van der Waals surface area (Å²) in [6, 6.07) is 11.9. The lowest BCUT2D eigenvalue weighted by Gasteiger charge is -2.16. The second kappa shape index (κ2) is 12.3. The van der Waals surface area contributed by atoms with E-state index in [-0.39, 0.29) is 17.5 Å². The molecule has 27 heavy (non-hydrogen) atoms. The van der Waals surface area contributed by atoms with Gasteiger partial charge in [0.15, 0.2) is 0 Å². The summed E-state index contributed by atoms with van der Waals surface area (Å²) in [5.74, 6) is 0.0943. The van der Waals surface area contributed by atoms with E-state index in [1.165, 1.54) is 57.8 Å². The molecule has 0 spiro atoms. The molecule has 1 N–H and O–H groups in total. The van der Waals surface area contributed by atoms with Crippen molar-refractivity contribution in [2.24, 2.45) is 5.92 Å². The molecule has 1 atom stereocenters. The van der Waals surface area contributed by atoms with Crippen LogP contribution in [0.2, 0.25) is 0 Å². The molecular formula is C24H34N2O. The Morgan fingerprint density at radius 2 is 1.52 bits per heavy atom. The molecule has 0 unspecified atom stereocenters. The van der Waals surface area contributed by atoms with Gasteiger partial charge >= 0.3 is 0 Å². The van der Waals surface area contributed by atoms with Gasteiger partial charge in [0.25, 0.3) is 5.91 Å². The molecule has 146 valence electrons. The molecular weight excluding hydrogens is 332 g/mol. The van der Waals surface area contributed by atoms with Gasteiger partial charge in [-0.15, -0.1) is 0 Å². The molecule has 1 amide bonds. The number of allylic oxidation sites excluding steroid dienone is 1. The van der Waals surface area contributed by atoms with E-state index in [4.69, 9.17) is 0 Å². The maximum atomic E-state index is 12.6. The summed E-state index contributed by atoms with van der Waals surface area (Å²) >= 11 is 0. The van der Waals surface area contributed by atoms with Crippen molar-refractivity contribution in [3.8, 4) is 6.07 Å². The first-order valence-corrected chi connectivity index (χ1v) is 10.7. The molecule has 0 radical (unpaired) electrons. The highest BCUT2D eigenvalue weighted by Crippen LogP contribution is 2.23. The second-order valence-corrected chi connectivity index (χ2v) is 7.82. The Bertz CT molecular complexity index is 618. The highest BCUT2D eigenvalue weighted by molar-refractivity contribution is 5.97. The normalized spacial score (nSPS) is 19.2. The van der Waals surface area contributed by atoms with Crippen LogP contribution >= 0.6 is 0 Å². The molecule has 0 aromatic heterocycles. The lowest BCUT2D eigenvalue weighted by Crippen LogP contribution is -2.28. The maximum Gasteiger partial charge on any atom is 0.262 e. The Morgan fingerprint density at radius 1 is 1.00 bits per heavy atom. The quantitative estimate of drug-likeness (QED) is 0.507. The molecule has 2 rings (SSSR count). The summed E-state index contributed by atoms with van der Waals surface area (Å²) in [5.41, 5.74) is 1.32. The molecule has 0 heterocycles. The molecule has 0 aliphatic heterocycles.